The van der Waals surface area contributed by atoms with Crippen molar-refractivity contribution >= 4 is 38.9 Å². The third-order valence-corrected chi connectivity index (χ3v) is 6.66. The van der Waals surface area contributed by atoms with Gasteiger partial charge in [0.15, 0.2) is 16.6 Å². The SMILES string of the molecule is Fc1cc(Br)ccc1-c1ccc([C@@H]2[C@@H](c3ccccn3)NC(=S)N2c2ccc3c(c2)OCO3)o1. The first-order chi connectivity index (χ1) is 16.6. The Balaban J connectivity index is 1.45. The Labute approximate surface area is 208 Å². The number of anilines is 1. The van der Waals surface area contributed by atoms with E-state index in [1.165, 1.54) is 6.07 Å². The normalized spacial score (nSPS) is 18.9. The molecule has 0 radical (unpaired) electrons. The Bertz CT molecular complexity index is 1400. The molecule has 34 heavy (non-hydrogen) atoms. The molecule has 0 amide bonds. The van der Waals surface area contributed by atoms with Gasteiger partial charge in [0.25, 0.3) is 0 Å². The molecule has 0 saturated carbocycles. The van der Waals surface area contributed by atoms with Crippen molar-refractivity contribution in [3.63, 3.8) is 0 Å². The Morgan fingerprint density at radius 3 is 2.74 bits per heavy atom. The smallest absolute Gasteiger partial charge is 0.231 e. The van der Waals surface area contributed by atoms with Crippen LogP contribution in [0.4, 0.5) is 10.1 Å². The van der Waals surface area contributed by atoms with Gasteiger partial charge in [-0.1, -0.05) is 22.0 Å². The number of benzene rings is 2. The van der Waals surface area contributed by atoms with E-state index in [-0.39, 0.29) is 24.7 Å². The number of hydrogen-bond donors (Lipinski definition) is 1. The molecule has 0 spiro atoms. The number of nitrogens with one attached hydrogen (secondary N) is 1. The second-order valence-electron chi connectivity index (χ2n) is 7.86. The van der Waals surface area contributed by atoms with E-state index in [0.29, 0.717) is 38.2 Å². The number of pyridine rings is 1. The molecule has 0 bridgehead atoms. The molecule has 2 aliphatic rings. The number of halogens is 2. The van der Waals surface area contributed by atoms with Crippen LogP contribution in [0, 0.1) is 5.82 Å². The fourth-order valence-corrected chi connectivity index (χ4v) is 4.98. The first kappa shape index (κ1) is 21.1. The summed E-state index contributed by atoms with van der Waals surface area (Å²) in [5.74, 6) is 2.02. The molecule has 170 valence electrons. The maximum absolute atomic E-state index is 14.6. The summed E-state index contributed by atoms with van der Waals surface area (Å²) < 4.78 is 32.6. The second kappa shape index (κ2) is 8.41. The number of fused-ring (bicyclic) bond motifs is 1. The van der Waals surface area contributed by atoms with Gasteiger partial charge in [-0.2, -0.15) is 0 Å². The Hall–Kier alpha value is -3.43. The topological polar surface area (TPSA) is 59.8 Å². The van der Waals surface area contributed by atoms with E-state index < -0.39 is 0 Å². The summed E-state index contributed by atoms with van der Waals surface area (Å²) in [6.45, 7) is 0.182. The molecule has 9 heteroatoms. The quantitative estimate of drug-likeness (QED) is 0.313. The van der Waals surface area contributed by atoms with Crippen molar-refractivity contribution in [1.82, 2.24) is 10.3 Å². The lowest BCUT2D eigenvalue weighted by molar-refractivity contribution is 0.174. The van der Waals surface area contributed by atoms with Crippen molar-refractivity contribution in [3.8, 4) is 22.8 Å². The Morgan fingerprint density at radius 2 is 1.91 bits per heavy atom. The predicted molar refractivity (Wildman–Crippen MR) is 132 cm³/mol. The van der Waals surface area contributed by atoms with Crippen molar-refractivity contribution in [2.75, 3.05) is 11.7 Å². The standard InChI is InChI=1S/C25H17BrFN3O3S/c26-14-4-6-16(17(27)11-14)19-8-9-21(33-19)24-23(18-3-1-2-10-28-18)29-25(34)30(24)15-5-7-20-22(12-15)32-13-31-20/h1-12,23-24H,13H2,(H,29,34)/t23-,24-/m1/s1. The van der Waals surface area contributed by atoms with Gasteiger partial charge in [0.1, 0.15) is 23.4 Å². The molecular weight excluding hydrogens is 521 g/mol. The summed E-state index contributed by atoms with van der Waals surface area (Å²) in [6.07, 6.45) is 1.74. The van der Waals surface area contributed by atoms with Gasteiger partial charge in [-0.15, -0.1) is 0 Å². The molecule has 6 nitrogen and oxygen atoms in total. The molecule has 2 aromatic carbocycles. The van der Waals surface area contributed by atoms with E-state index in [4.69, 9.17) is 26.1 Å². The van der Waals surface area contributed by atoms with Gasteiger partial charge in [-0.05, 0) is 66.8 Å². The number of furan rings is 1. The van der Waals surface area contributed by atoms with Crippen molar-refractivity contribution < 1.29 is 18.3 Å². The minimum absolute atomic E-state index is 0.182. The van der Waals surface area contributed by atoms with E-state index in [9.17, 15) is 4.39 Å². The summed E-state index contributed by atoms with van der Waals surface area (Å²) in [5.41, 5.74) is 2.01. The average Bonchev–Trinajstić information content (AvgIpc) is 3.57. The fraction of sp³-hybridized carbons (Fsp3) is 0.120. The Morgan fingerprint density at radius 1 is 1.03 bits per heavy atom. The number of thiocarbonyl (C=S) groups is 1. The van der Waals surface area contributed by atoms with E-state index >= 15 is 0 Å². The first-order valence-electron chi connectivity index (χ1n) is 10.5. The summed E-state index contributed by atoms with van der Waals surface area (Å²) in [5, 5.41) is 3.91. The van der Waals surface area contributed by atoms with E-state index in [1.54, 1.807) is 24.4 Å². The summed E-state index contributed by atoms with van der Waals surface area (Å²) in [6, 6.07) is 19.3. The zero-order chi connectivity index (χ0) is 23.2. The highest BCUT2D eigenvalue weighted by Crippen LogP contribution is 2.45. The average molecular weight is 538 g/mol. The van der Waals surface area contributed by atoms with Crippen LogP contribution in [-0.2, 0) is 0 Å². The van der Waals surface area contributed by atoms with E-state index in [0.717, 1.165) is 11.4 Å². The molecule has 4 heterocycles. The van der Waals surface area contributed by atoms with Gasteiger partial charge < -0.3 is 24.1 Å². The lowest BCUT2D eigenvalue weighted by atomic mass is 10.0. The largest absolute Gasteiger partial charge is 0.459 e. The number of hydrogen-bond acceptors (Lipinski definition) is 5. The predicted octanol–water partition coefficient (Wildman–Crippen LogP) is 6.15. The molecule has 1 N–H and O–H groups in total. The van der Waals surface area contributed by atoms with Crippen molar-refractivity contribution in [2.24, 2.45) is 0 Å². The number of nitrogens with zero attached hydrogens (tertiary/aromatic N) is 2. The molecule has 1 fully saturated rings. The maximum atomic E-state index is 14.6. The molecule has 1 saturated heterocycles. The lowest BCUT2D eigenvalue weighted by Crippen LogP contribution is -2.29. The van der Waals surface area contributed by atoms with Crippen LogP contribution in [0.25, 0.3) is 11.3 Å². The molecule has 0 unspecified atom stereocenters. The van der Waals surface area contributed by atoms with Gasteiger partial charge in [0, 0.05) is 22.4 Å². The molecule has 2 aromatic heterocycles. The number of ether oxygens (including phenoxy) is 2. The van der Waals surface area contributed by atoms with Gasteiger partial charge in [0.2, 0.25) is 6.79 Å². The third kappa shape index (κ3) is 3.61. The second-order valence-corrected chi connectivity index (χ2v) is 9.16. The first-order valence-corrected chi connectivity index (χ1v) is 11.7. The summed E-state index contributed by atoms with van der Waals surface area (Å²) in [4.78, 5) is 6.51. The molecule has 2 atom stereocenters. The van der Waals surface area contributed by atoms with Crippen LogP contribution in [0.2, 0.25) is 0 Å². The van der Waals surface area contributed by atoms with Crippen molar-refractivity contribution in [3.05, 3.63) is 94.7 Å². The van der Waals surface area contributed by atoms with E-state index in [2.05, 4.69) is 26.2 Å². The van der Waals surface area contributed by atoms with Crippen molar-refractivity contribution in [1.29, 1.82) is 0 Å². The van der Waals surface area contributed by atoms with Gasteiger partial charge in [-0.3, -0.25) is 4.98 Å². The monoisotopic (exact) mass is 537 g/mol. The number of rotatable bonds is 4. The third-order valence-electron chi connectivity index (χ3n) is 5.85. The van der Waals surface area contributed by atoms with Crippen molar-refractivity contribution in [2.45, 2.75) is 12.1 Å². The highest BCUT2D eigenvalue weighted by Gasteiger charge is 2.43. The summed E-state index contributed by atoms with van der Waals surface area (Å²) >= 11 is 9.05. The Kier molecular flexibility index (Phi) is 5.23. The van der Waals surface area contributed by atoms with Crippen LogP contribution in [0.5, 0.6) is 11.5 Å². The van der Waals surface area contributed by atoms with Gasteiger partial charge in [-0.25, -0.2) is 4.39 Å². The molecule has 4 aromatic rings. The molecule has 6 rings (SSSR count). The minimum atomic E-state index is -0.371. The van der Waals surface area contributed by atoms with Gasteiger partial charge >= 0.3 is 0 Å². The van der Waals surface area contributed by atoms with Crippen LogP contribution < -0.4 is 19.7 Å². The highest BCUT2D eigenvalue weighted by atomic mass is 79.9. The molecular formula is C25H17BrFN3O3S. The fourth-order valence-electron chi connectivity index (χ4n) is 4.30. The summed E-state index contributed by atoms with van der Waals surface area (Å²) in [7, 11) is 0. The number of aromatic nitrogens is 1. The van der Waals surface area contributed by atoms with Gasteiger partial charge in [0.05, 0.1) is 17.3 Å². The van der Waals surface area contributed by atoms with Crippen LogP contribution in [0.15, 0.2) is 81.8 Å². The minimum Gasteiger partial charge on any atom is -0.459 e. The zero-order valence-electron chi connectivity index (χ0n) is 17.6. The zero-order valence-corrected chi connectivity index (χ0v) is 20.0. The lowest BCUT2D eigenvalue weighted by Gasteiger charge is -2.26. The van der Waals surface area contributed by atoms with E-state index in [1.807, 2.05) is 47.4 Å². The highest BCUT2D eigenvalue weighted by molar-refractivity contribution is 9.10. The van der Waals surface area contributed by atoms with Crippen LogP contribution >= 0.6 is 28.1 Å². The van der Waals surface area contributed by atoms with Crippen LogP contribution in [0.3, 0.4) is 0 Å². The van der Waals surface area contributed by atoms with Crippen LogP contribution in [0.1, 0.15) is 23.5 Å². The maximum Gasteiger partial charge on any atom is 0.231 e. The molecule has 2 aliphatic heterocycles. The van der Waals surface area contributed by atoms with Crippen LogP contribution in [-0.4, -0.2) is 16.9 Å². The molecule has 0 aliphatic carbocycles.